The molecule has 3 N–H and O–H groups in total. The number of benzene rings is 1. The topological polar surface area (TPSA) is 45.0 Å². The van der Waals surface area contributed by atoms with Crippen LogP contribution in [0.1, 0.15) is 18.0 Å². The van der Waals surface area contributed by atoms with E-state index in [1.54, 1.807) is 0 Å². The average Bonchev–Trinajstić information content (AvgIpc) is 2.93. The molecular formula is C14H18ClN3. The zero-order chi connectivity index (χ0) is 12.7. The molecule has 96 valence electrons. The number of nitrogens with zero attached hydrogens (tertiary/aromatic N) is 1. The van der Waals surface area contributed by atoms with Crippen LogP contribution >= 0.6 is 11.6 Å². The van der Waals surface area contributed by atoms with Gasteiger partial charge in [-0.05, 0) is 37.6 Å². The van der Waals surface area contributed by atoms with Crippen LogP contribution in [0.15, 0.2) is 24.4 Å². The van der Waals surface area contributed by atoms with Crippen LogP contribution in [0.2, 0.25) is 5.02 Å². The van der Waals surface area contributed by atoms with Crippen molar-refractivity contribution in [3.63, 3.8) is 0 Å². The molecule has 2 aromatic rings. The Morgan fingerprint density at radius 3 is 3.06 bits per heavy atom. The second kappa shape index (κ2) is 4.57. The van der Waals surface area contributed by atoms with E-state index >= 15 is 0 Å². The number of rotatable bonds is 2. The Labute approximate surface area is 112 Å². The summed E-state index contributed by atoms with van der Waals surface area (Å²) in [6.45, 7) is 1.86. The second-order valence-corrected chi connectivity index (χ2v) is 5.64. The molecule has 1 aliphatic rings. The first-order chi connectivity index (χ1) is 8.69. The van der Waals surface area contributed by atoms with Crippen LogP contribution in [0.4, 0.5) is 0 Å². The van der Waals surface area contributed by atoms with E-state index in [4.69, 9.17) is 17.3 Å². The van der Waals surface area contributed by atoms with E-state index in [-0.39, 0.29) is 0 Å². The first-order valence-electron chi connectivity index (χ1n) is 6.36. The van der Waals surface area contributed by atoms with Gasteiger partial charge in [0.15, 0.2) is 0 Å². The van der Waals surface area contributed by atoms with Crippen LogP contribution < -0.4 is 5.73 Å². The predicted molar refractivity (Wildman–Crippen MR) is 75.8 cm³/mol. The smallest absolute Gasteiger partial charge is 0.0659 e. The Morgan fingerprint density at radius 2 is 2.33 bits per heavy atom. The van der Waals surface area contributed by atoms with E-state index in [0.717, 1.165) is 35.4 Å². The quantitative estimate of drug-likeness (QED) is 0.875. The van der Waals surface area contributed by atoms with Gasteiger partial charge in [0.2, 0.25) is 0 Å². The maximum Gasteiger partial charge on any atom is 0.0659 e. The summed E-state index contributed by atoms with van der Waals surface area (Å²) in [5.74, 6) is 0.614. The van der Waals surface area contributed by atoms with Gasteiger partial charge in [-0.15, -0.1) is 0 Å². The lowest BCUT2D eigenvalue weighted by Gasteiger charge is -2.19. The van der Waals surface area contributed by atoms with Crippen LogP contribution in [-0.4, -0.2) is 30.0 Å². The highest BCUT2D eigenvalue weighted by Crippen LogP contribution is 2.35. The minimum Gasteiger partial charge on any atom is -0.360 e. The second-order valence-electron chi connectivity index (χ2n) is 5.23. The van der Waals surface area contributed by atoms with Crippen molar-refractivity contribution in [2.75, 3.05) is 20.1 Å². The summed E-state index contributed by atoms with van der Waals surface area (Å²) in [5, 5.41) is 1.88. The van der Waals surface area contributed by atoms with E-state index < -0.39 is 0 Å². The van der Waals surface area contributed by atoms with Gasteiger partial charge in [-0.1, -0.05) is 23.7 Å². The molecule has 1 aromatic heterocycles. The molecule has 1 fully saturated rings. The van der Waals surface area contributed by atoms with E-state index in [0.29, 0.717) is 12.0 Å². The number of fused-ring (bicyclic) bond motifs is 1. The maximum absolute atomic E-state index is 6.10. The first kappa shape index (κ1) is 12.0. The Bertz CT molecular complexity index is 563. The molecule has 0 aliphatic carbocycles. The number of hydrogen-bond acceptors (Lipinski definition) is 2. The Morgan fingerprint density at radius 1 is 1.50 bits per heavy atom. The summed E-state index contributed by atoms with van der Waals surface area (Å²) in [6.07, 6.45) is 2.99. The summed E-state index contributed by atoms with van der Waals surface area (Å²) < 4.78 is 0. The van der Waals surface area contributed by atoms with Gasteiger partial charge in [0, 0.05) is 29.7 Å². The lowest BCUT2D eigenvalue weighted by Crippen LogP contribution is -2.20. The molecule has 3 rings (SSSR count). The van der Waals surface area contributed by atoms with Gasteiger partial charge in [0.1, 0.15) is 0 Å². The van der Waals surface area contributed by atoms with Gasteiger partial charge < -0.3 is 10.7 Å². The number of hydrogen-bond donors (Lipinski definition) is 2. The number of nitrogens with two attached hydrogens (primary N) is 1. The van der Waals surface area contributed by atoms with E-state index in [9.17, 15) is 0 Å². The van der Waals surface area contributed by atoms with Crippen molar-refractivity contribution in [2.45, 2.75) is 12.5 Å². The summed E-state index contributed by atoms with van der Waals surface area (Å²) in [6, 6.07) is 6.97. The molecule has 1 saturated heterocycles. The molecule has 2 heterocycles. The van der Waals surface area contributed by atoms with Crippen molar-refractivity contribution in [1.82, 2.24) is 9.88 Å². The van der Waals surface area contributed by atoms with E-state index in [1.165, 1.54) is 5.56 Å². The van der Waals surface area contributed by atoms with Gasteiger partial charge in [-0.2, -0.15) is 0 Å². The molecule has 3 nitrogen and oxygen atoms in total. The number of aromatic amines is 1. The molecule has 0 spiro atoms. The molecule has 0 bridgehead atoms. The van der Waals surface area contributed by atoms with Crippen LogP contribution in [-0.2, 0) is 0 Å². The van der Waals surface area contributed by atoms with Gasteiger partial charge in [0.05, 0.1) is 5.02 Å². The average molecular weight is 264 g/mol. The molecule has 0 saturated carbocycles. The van der Waals surface area contributed by atoms with Gasteiger partial charge in [-0.25, -0.2) is 0 Å². The number of likely N-dealkylation sites (tertiary alicyclic amines) is 1. The SMILES string of the molecule is CN1CC(CN)CC1c1ccc2c(Cl)c[nH]c2c1. The fourth-order valence-corrected chi connectivity index (χ4v) is 3.20. The summed E-state index contributed by atoms with van der Waals surface area (Å²) in [4.78, 5) is 5.61. The van der Waals surface area contributed by atoms with Gasteiger partial charge >= 0.3 is 0 Å². The zero-order valence-corrected chi connectivity index (χ0v) is 11.2. The molecule has 1 aromatic carbocycles. The number of H-pyrrole nitrogens is 1. The fraction of sp³-hybridized carbons (Fsp3) is 0.429. The molecule has 4 heteroatoms. The third-order valence-electron chi connectivity index (χ3n) is 4.01. The highest BCUT2D eigenvalue weighted by atomic mass is 35.5. The summed E-state index contributed by atoms with van der Waals surface area (Å²) in [5.41, 5.74) is 8.24. The van der Waals surface area contributed by atoms with Gasteiger partial charge in [-0.3, -0.25) is 4.90 Å². The number of halogens is 1. The minimum atomic E-state index is 0.477. The molecule has 2 atom stereocenters. The van der Waals surface area contributed by atoms with Crippen LogP contribution in [0.3, 0.4) is 0 Å². The molecule has 0 amide bonds. The standard InChI is InChI=1S/C14H18ClN3/c1-18-8-9(6-16)4-14(18)10-2-3-11-12(15)7-17-13(11)5-10/h2-3,5,7,9,14,17H,4,6,8,16H2,1H3. The lowest BCUT2D eigenvalue weighted by molar-refractivity contribution is 0.314. The first-order valence-corrected chi connectivity index (χ1v) is 6.73. The third-order valence-corrected chi connectivity index (χ3v) is 4.32. The number of aromatic nitrogens is 1. The van der Waals surface area contributed by atoms with Crippen LogP contribution in [0.5, 0.6) is 0 Å². The maximum atomic E-state index is 6.10. The minimum absolute atomic E-state index is 0.477. The highest BCUT2D eigenvalue weighted by Gasteiger charge is 2.29. The molecule has 18 heavy (non-hydrogen) atoms. The number of nitrogens with one attached hydrogen (secondary N) is 1. The van der Waals surface area contributed by atoms with Crippen molar-refractivity contribution in [1.29, 1.82) is 0 Å². The Hall–Kier alpha value is -1.03. The largest absolute Gasteiger partial charge is 0.360 e. The Kier molecular flexibility index (Phi) is 3.06. The Balaban J connectivity index is 1.94. The van der Waals surface area contributed by atoms with Crippen molar-refractivity contribution < 1.29 is 0 Å². The zero-order valence-electron chi connectivity index (χ0n) is 10.5. The molecule has 0 radical (unpaired) electrons. The van der Waals surface area contributed by atoms with Crippen molar-refractivity contribution >= 4 is 22.5 Å². The monoisotopic (exact) mass is 263 g/mol. The van der Waals surface area contributed by atoms with Crippen LogP contribution in [0, 0.1) is 5.92 Å². The normalized spacial score (nSPS) is 25.1. The lowest BCUT2D eigenvalue weighted by atomic mass is 9.99. The van der Waals surface area contributed by atoms with E-state index in [1.807, 2.05) is 6.20 Å². The van der Waals surface area contributed by atoms with Crippen molar-refractivity contribution in [3.8, 4) is 0 Å². The fourth-order valence-electron chi connectivity index (χ4n) is 2.98. The summed E-state index contributed by atoms with van der Waals surface area (Å²) >= 11 is 6.10. The van der Waals surface area contributed by atoms with Crippen molar-refractivity contribution in [3.05, 3.63) is 35.0 Å². The molecule has 1 aliphatic heterocycles. The summed E-state index contributed by atoms with van der Waals surface area (Å²) in [7, 11) is 2.17. The van der Waals surface area contributed by atoms with E-state index in [2.05, 4.69) is 35.1 Å². The molecular weight excluding hydrogens is 246 g/mol. The van der Waals surface area contributed by atoms with Crippen molar-refractivity contribution in [2.24, 2.45) is 11.7 Å². The third kappa shape index (κ3) is 1.92. The predicted octanol–water partition coefficient (Wildman–Crippen LogP) is 2.77. The van der Waals surface area contributed by atoms with Crippen LogP contribution in [0.25, 0.3) is 10.9 Å². The molecule has 2 unspecified atom stereocenters. The van der Waals surface area contributed by atoms with Gasteiger partial charge in [0.25, 0.3) is 0 Å². The highest BCUT2D eigenvalue weighted by molar-refractivity contribution is 6.35.